The lowest BCUT2D eigenvalue weighted by Crippen LogP contribution is -2.35. The zero-order valence-corrected chi connectivity index (χ0v) is 12.9. The van der Waals surface area contributed by atoms with E-state index in [1.165, 1.54) is 6.42 Å². The quantitative estimate of drug-likeness (QED) is 0.663. The molecule has 1 aliphatic heterocycles. The van der Waals surface area contributed by atoms with Gasteiger partial charge in [-0.15, -0.1) is 6.58 Å². The van der Waals surface area contributed by atoms with E-state index in [-0.39, 0.29) is 5.91 Å². The Morgan fingerprint density at radius 3 is 2.81 bits per heavy atom. The van der Waals surface area contributed by atoms with Gasteiger partial charge in [0.05, 0.1) is 0 Å². The van der Waals surface area contributed by atoms with Crippen LogP contribution in [0.3, 0.4) is 0 Å². The molecule has 4 nitrogen and oxygen atoms in total. The van der Waals surface area contributed by atoms with Crippen LogP contribution in [0.4, 0.5) is 5.69 Å². The van der Waals surface area contributed by atoms with Crippen molar-refractivity contribution in [2.75, 3.05) is 25.0 Å². The minimum absolute atomic E-state index is 0.100. The molecule has 0 atom stereocenters. The number of thiocarbonyl (C=S) groups is 1. The minimum atomic E-state index is 0.100. The highest BCUT2D eigenvalue weighted by molar-refractivity contribution is 7.80. The summed E-state index contributed by atoms with van der Waals surface area (Å²) in [5, 5.41) is 6.60. The van der Waals surface area contributed by atoms with Crippen molar-refractivity contribution in [3.05, 3.63) is 42.5 Å². The molecule has 0 radical (unpaired) electrons. The normalized spacial score (nSPS) is 14.4. The number of hydrogen-bond acceptors (Lipinski definition) is 2. The Kier molecular flexibility index (Phi) is 5.75. The Labute approximate surface area is 131 Å². The van der Waals surface area contributed by atoms with Gasteiger partial charge >= 0.3 is 0 Å². The van der Waals surface area contributed by atoms with Crippen molar-refractivity contribution >= 4 is 28.9 Å². The van der Waals surface area contributed by atoms with Gasteiger partial charge in [0.2, 0.25) is 0 Å². The van der Waals surface area contributed by atoms with Crippen molar-refractivity contribution in [3.8, 4) is 0 Å². The summed E-state index contributed by atoms with van der Waals surface area (Å²) in [4.78, 5) is 14.4. The summed E-state index contributed by atoms with van der Waals surface area (Å²) in [7, 11) is 0. The van der Waals surface area contributed by atoms with Crippen LogP contribution in [-0.2, 0) is 0 Å². The molecule has 112 valence electrons. The lowest BCUT2D eigenvalue weighted by atomic mass is 10.1. The van der Waals surface area contributed by atoms with Gasteiger partial charge in [-0.2, -0.15) is 0 Å². The second kappa shape index (κ2) is 7.78. The average molecular weight is 303 g/mol. The monoisotopic (exact) mass is 303 g/mol. The first kappa shape index (κ1) is 15.5. The Bertz CT molecular complexity index is 524. The molecule has 5 heteroatoms. The van der Waals surface area contributed by atoms with Crippen molar-refractivity contribution in [2.24, 2.45) is 0 Å². The Morgan fingerprint density at radius 1 is 1.33 bits per heavy atom. The summed E-state index contributed by atoms with van der Waals surface area (Å²) in [6.07, 6.45) is 5.15. The molecule has 2 N–H and O–H groups in total. The van der Waals surface area contributed by atoms with E-state index in [1.807, 2.05) is 29.2 Å². The number of carbonyl (C=O) groups excluding carboxylic acids is 1. The number of amides is 1. The number of anilines is 1. The molecule has 0 saturated carbocycles. The van der Waals surface area contributed by atoms with E-state index in [0.717, 1.165) is 31.6 Å². The second-order valence-electron chi connectivity index (χ2n) is 5.06. The molecule has 2 rings (SSSR count). The smallest absolute Gasteiger partial charge is 0.253 e. The van der Waals surface area contributed by atoms with Crippen LogP contribution in [0.5, 0.6) is 0 Å². The highest BCUT2D eigenvalue weighted by Crippen LogP contribution is 2.16. The molecule has 0 spiro atoms. The zero-order valence-electron chi connectivity index (χ0n) is 12.1. The largest absolute Gasteiger partial charge is 0.359 e. The molecule has 1 saturated heterocycles. The average Bonchev–Trinajstić information content (AvgIpc) is 2.53. The SMILES string of the molecule is C=CCNC(=S)Nc1cccc(C(=O)N2CCCCC2)c1. The summed E-state index contributed by atoms with van der Waals surface area (Å²) in [6, 6.07) is 7.46. The summed E-state index contributed by atoms with van der Waals surface area (Å²) in [5.74, 6) is 0.100. The van der Waals surface area contributed by atoms with Gasteiger partial charge in [0.1, 0.15) is 0 Å². The number of nitrogens with zero attached hydrogens (tertiary/aromatic N) is 1. The van der Waals surface area contributed by atoms with Crippen molar-refractivity contribution in [2.45, 2.75) is 19.3 Å². The van der Waals surface area contributed by atoms with Gasteiger partial charge in [-0.1, -0.05) is 12.1 Å². The predicted molar refractivity (Wildman–Crippen MR) is 90.6 cm³/mol. The van der Waals surface area contributed by atoms with Crippen LogP contribution in [-0.4, -0.2) is 35.6 Å². The van der Waals surface area contributed by atoms with E-state index in [2.05, 4.69) is 17.2 Å². The number of benzene rings is 1. The van der Waals surface area contributed by atoms with Crippen LogP contribution in [0.15, 0.2) is 36.9 Å². The molecule has 0 bridgehead atoms. The van der Waals surface area contributed by atoms with Gasteiger partial charge in [0, 0.05) is 30.9 Å². The number of piperidine rings is 1. The molecule has 1 amide bonds. The molecular weight excluding hydrogens is 282 g/mol. The van der Waals surface area contributed by atoms with Gasteiger partial charge in [-0.3, -0.25) is 4.79 Å². The fourth-order valence-corrected chi connectivity index (χ4v) is 2.55. The van der Waals surface area contributed by atoms with Gasteiger partial charge in [0.25, 0.3) is 5.91 Å². The third kappa shape index (κ3) is 4.56. The summed E-state index contributed by atoms with van der Waals surface area (Å²) in [6.45, 7) is 5.95. The van der Waals surface area contributed by atoms with E-state index < -0.39 is 0 Å². The lowest BCUT2D eigenvalue weighted by molar-refractivity contribution is 0.0724. The number of likely N-dealkylation sites (tertiary alicyclic amines) is 1. The molecule has 21 heavy (non-hydrogen) atoms. The number of nitrogens with one attached hydrogen (secondary N) is 2. The van der Waals surface area contributed by atoms with Crippen LogP contribution < -0.4 is 10.6 Å². The van der Waals surface area contributed by atoms with Crippen molar-refractivity contribution in [1.29, 1.82) is 0 Å². The number of hydrogen-bond donors (Lipinski definition) is 2. The number of carbonyl (C=O) groups is 1. The summed E-state index contributed by atoms with van der Waals surface area (Å²) < 4.78 is 0. The molecule has 1 aliphatic rings. The van der Waals surface area contributed by atoms with Crippen molar-refractivity contribution in [1.82, 2.24) is 10.2 Å². The topological polar surface area (TPSA) is 44.4 Å². The Morgan fingerprint density at radius 2 is 2.10 bits per heavy atom. The number of rotatable bonds is 4. The fraction of sp³-hybridized carbons (Fsp3) is 0.375. The predicted octanol–water partition coefficient (Wildman–Crippen LogP) is 2.79. The molecule has 0 aliphatic carbocycles. The highest BCUT2D eigenvalue weighted by Gasteiger charge is 2.18. The van der Waals surface area contributed by atoms with Crippen LogP contribution in [0.2, 0.25) is 0 Å². The lowest BCUT2D eigenvalue weighted by Gasteiger charge is -2.26. The first-order valence-electron chi connectivity index (χ1n) is 7.26. The Balaban J connectivity index is 2.01. The highest BCUT2D eigenvalue weighted by atomic mass is 32.1. The maximum absolute atomic E-state index is 12.4. The van der Waals surface area contributed by atoms with Crippen molar-refractivity contribution < 1.29 is 4.79 Å². The standard InChI is InChI=1S/C16H21N3OS/c1-2-9-17-16(21)18-14-8-6-7-13(12-14)15(20)19-10-4-3-5-11-19/h2,6-8,12H,1,3-5,9-11H2,(H2,17,18,21). The van der Waals surface area contributed by atoms with Crippen LogP contribution in [0.25, 0.3) is 0 Å². The van der Waals surface area contributed by atoms with Gasteiger partial charge in [-0.25, -0.2) is 0 Å². The van der Waals surface area contributed by atoms with E-state index >= 15 is 0 Å². The molecule has 1 aromatic rings. The van der Waals surface area contributed by atoms with Gasteiger partial charge in [0.15, 0.2) is 5.11 Å². The van der Waals surface area contributed by atoms with E-state index in [9.17, 15) is 4.79 Å². The molecule has 0 unspecified atom stereocenters. The third-order valence-electron chi connectivity index (χ3n) is 3.42. The molecule has 1 fully saturated rings. The third-order valence-corrected chi connectivity index (χ3v) is 3.66. The summed E-state index contributed by atoms with van der Waals surface area (Å²) in [5.41, 5.74) is 1.52. The molecule has 1 heterocycles. The zero-order chi connectivity index (χ0) is 15.1. The molecule has 1 aromatic carbocycles. The van der Waals surface area contributed by atoms with Crippen LogP contribution in [0, 0.1) is 0 Å². The van der Waals surface area contributed by atoms with Gasteiger partial charge < -0.3 is 15.5 Å². The van der Waals surface area contributed by atoms with E-state index in [4.69, 9.17) is 12.2 Å². The molecular formula is C16H21N3OS. The van der Waals surface area contributed by atoms with Gasteiger partial charge in [-0.05, 0) is 49.7 Å². The van der Waals surface area contributed by atoms with Crippen LogP contribution in [0.1, 0.15) is 29.6 Å². The van der Waals surface area contributed by atoms with Crippen molar-refractivity contribution in [3.63, 3.8) is 0 Å². The Hall–Kier alpha value is -1.88. The first-order valence-corrected chi connectivity index (χ1v) is 7.66. The second-order valence-corrected chi connectivity index (χ2v) is 5.47. The van der Waals surface area contributed by atoms with E-state index in [1.54, 1.807) is 6.08 Å². The fourth-order valence-electron chi connectivity index (χ4n) is 2.35. The maximum atomic E-state index is 12.4. The summed E-state index contributed by atoms with van der Waals surface area (Å²) >= 11 is 5.17. The first-order chi connectivity index (χ1) is 10.2. The maximum Gasteiger partial charge on any atom is 0.253 e. The van der Waals surface area contributed by atoms with Crippen LogP contribution >= 0.6 is 12.2 Å². The molecule has 0 aromatic heterocycles. The minimum Gasteiger partial charge on any atom is -0.359 e. The van der Waals surface area contributed by atoms with E-state index in [0.29, 0.717) is 17.2 Å².